The lowest BCUT2D eigenvalue weighted by Crippen LogP contribution is -2.45. The Hall–Kier alpha value is -4.08. The van der Waals surface area contributed by atoms with Crippen molar-refractivity contribution in [3.8, 4) is 11.3 Å². The number of piperidine rings is 1. The van der Waals surface area contributed by atoms with E-state index in [-0.39, 0.29) is 17.9 Å². The Morgan fingerprint density at radius 2 is 1.80 bits per heavy atom. The highest BCUT2D eigenvalue weighted by atomic mass is 16.3. The van der Waals surface area contributed by atoms with Gasteiger partial charge in [-0.25, -0.2) is 4.98 Å². The van der Waals surface area contributed by atoms with Gasteiger partial charge in [-0.1, -0.05) is 69.3 Å². The molecule has 0 amide bonds. The normalized spacial score (nSPS) is 17.9. The number of likely N-dealkylation sites (tertiary alicyclic amines) is 1. The van der Waals surface area contributed by atoms with E-state index in [1.54, 1.807) is 4.52 Å². The smallest absolute Gasteiger partial charge is 0.229 e. The molecule has 2 atom stereocenters. The number of anilines is 2. The number of β-amino-alcohol motifs (C(OH)–C–C–N with tert-alkyl or cyclic N) is 1. The van der Waals surface area contributed by atoms with E-state index in [1.807, 2.05) is 36.5 Å². The second kappa shape index (κ2) is 11.8. The zero-order valence-electron chi connectivity index (χ0n) is 24.0. The molecule has 41 heavy (non-hydrogen) atoms. The van der Waals surface area contributed by atoms with Crippen LogP contribution in [0, 0.1) is 5.92 Å². The number of aromatic nitrogens is 5. The zero-order valence-corrected chi connectivity index (χ0v) is 24.0. The third-order valence-electron chi connectivity index (χ3n) is 8.12. The van der Waals surface area contributed by atoms with Gasteiger partial charge >= 0.3 is 0 Å². The third kappa shape index (κ3) is 5.73. The Morgan fingerprint density at radius 3 is 2.63 bits per heavy atom. The number of hydrogen-bond donors (Lipinski definition) is 3. The molecule has 212 valence electrons. The molecule has 3 N–H and O–H groups in total. The molecule has 1 aliphatic heterocycles. The topological polar surface area (TPSA) is 104 Å². The minimum Gasteiger partial charge on any atom is -0.391 e. The van der Waals surface area contributed by atoms with Crippen LogP contribution in [-0.4, -0.2) is 66.9 Å². The molecule has 4 heterocycles. The fourth-order valence-electron chi connectivity index (χ4n) is 5.60. The van der Waals surface area contributed by atoms with Crippen molar-refractivity contribution >= 4 is 28.4 Å². The maximum Gasteiger partial charge on any atom is 0.229 e. The summed E-state index contributed by atoms with van der Waals surface area (Å²) in [5, 5.41) is 23.4. The number of likely N-dealkylation sites (N-methyl/N-ethyl adjacent to an activating group) is 1. The molecular weight excluding hydrogens is 512 g/mol. The fraction of sp³-hybridized carbons (Fsp3) is 0.375. The molecule has 0 spiro atoms. The molecule has 0 bridgehead atoms. The zero-order chi connectivity index (χ0) is 28.3. The number of benzene rings is 2. The second-order valence-electron chi connectivity index (χ2n) is 11.2. The number of rotatable bonds is 9. The molecule has 9 heteroatoms. The predicted octanol–water partition coefficient (Wildman–Crippen LogP) is 5.19. The van der Waals surface area contributed by atoms with Gasteiger partial charge in [0.2, 0.25) is 11.9 Å². The van der Waals surface area contributed by atoms with E-state index < -0.39 is 0 Å². The molecule has 1 saturated heterocycles. The average Bonchev–Trinajstić information content (AvgIpc) is 3.44. The van der Waals surface area contributed by atoms with Crippen molar-refractivity contribution < 1.29 is 5.11 Å². The molecule has 1 fully saturated rings. The summed E-state index contributed by atoms with van der Waals surface area (Å²) in [6.07, 6.45) is 2.46. The number of hydrogen-bond acceptors (Lipinski definition) is 8. The van der Waals surface area contributed by atoms with E-state index in [2.05, 4.69) is 71.7 Å². The molecule has 0 saturated carbocycles. The summed E-state index contributed by atoms with van der Waals surface area (Å²) >= 11 is 0. The molecule has 9 nitrogen and oxygen atoms in total. The first-order chi connectivity index (χ1) is 20.0. The summed E-state index contributed by atoms with van der Waals surface area (Å²) in [6, 6.07) is 20.7. The molecule has 5 aromatic rings. The van der Waals surface area contributed by atoms with Crippen LogP contribution in [0.5, 0.6) is 0 Å². The lowest BCUT2D eigenvalue weighted by molar-refractivity contribution is 0.0292. The van der Waals surface area contributed by atoms with Gasteiger partial charge in [0, 0.05) is 42.1 Å². The number of aliphatic hydroxyl groups excluding tert-OH is 1. The Bertz CT molecular complexity index is 1650. The molecule has 0 radical (unpaired) electrons. The van der Waals surface area contributed by atoms with Crippen LogP contribution in [0.25, 0.3) is 27.8 Å². The van der Waals surface area contributed by atoms with E-state index in [4.69, 9.17) is 15.0 Å². The lowest BCUT2D eigenvalue weighted by atomic mass is 9.94. The molecule has 1 aliphatic rings. The first-order valence-electron chi connectivity index (χ1n) is 14.6. The Morgan fingerprint density at radius 1 is 0.976 bits per heavy atom. The highest BCUT2D eigenvalue weighted by Gasteiger charge is 2.27. The summed E-state index contributed by atoms with van der Waals surface area (Å²) < 4.78 is 1.78. The van der Waals surface area contributed by atoms with Gasteiger partial charge in [-0.05, 0) is 43.1 Å². The highest BCUT2D eigenvalue weighted by Crippen LogP contribution is 2.27. The maximum atomic E-state index is 10.7. The second-order valence-corrected chi connectivity index (χ2v) is 11.2. The molecule has 3 aromatic heterocycles. The molecule has 6 rings (SSSR count). The van der Waals surface area contributed by atoms with E-state index in [0.29, 0.717) is 31.5 Å². The van der Waals surface area contributed by atoms with Crippen molar-refractivity contribution in [3.63, 3.8) is 0 Å². The summed E-state index contributed by atoms with van der Waals surface area (Å²) in [5.74, 6) is 1.58. The summed E-state index contributed by atoms with van der Waals surface area (Å²) in [7, 11) is 0. The quantitative estimate of drug-likeness (QED) is 0.230. The first-order valence-corrected chi connectivity index (χ1v) is 14.6. The Kier molecular flexibility index (Phi) is 7.80. The SMILES string of the molecule is CCN1CC[C@H](CNc2nc(NCc3ccccc3-c3ccc4ccccc4n3)n3ncc(C(C)C)c3n2)[C@@H](O)C1. The van der Waals surface area contributed by atoms with Crippen LogP contribution in [0.2, 0.25) is 0 Å². The van der Waals surface area contributed by atoms with Gasteiger partial charge in [-0.15, -0.1) is 0 Å². The van der Waals surface area contributed by atoms with Gasteiger partial charge in [0.15, 0.2) is 5.65 Å². The van der Waals surface area contributed by atoms with Crippen molar-refractivity contribution in [1.29, 1.82) is 0 Å². The maximum absolute atomic E-state index is 10.7. The standard InChI is InChI=1S/C32H38N8O/c1-4-39-16-15-24(29(41)20-39)18-33-31-37-30-26(21(2)3)19-35-40(30)32(38-31)34-17-23-10-5-7-11-25(23)28-14-13-22-9-6-8-12-27(22)36-28/h5-14,19,21,24,29,41H,4,15-18,20H2,1-3H3,(H2,33,34,37,38)/t24-,29+/m1/s1. The van der Waals surface area contributed by atoms with Gasteiger partial charge in [-0.3, -0.25) is 0 Å². The van der Waals surface area contributed by atoms with Crippen LogP contribution in [-0.2, 0) is 6.54 Å². The van der Waals surface area contributed by atoms with Gasteiger partial charge in [0.25, 0.3) is 0 Å². The van der Waals surface area contributed by atoms with Crippen molar-refractivity contribution in [2.75, 3.05) is 36.8 Å². The number of para-hydroxylation sites is 1. The monoisotopic (exact) mass is 550 g/mol. The Labute approximate surface area is 240 Å². The van der Waals surface area contributed by atoms with Crippen molar-refractivity contribution in [3.05, 3.63) is 78.0 Å². The van der Waals surface area contributed by atoms with E-state index >= 15 is 0 Å². The molecule has 0 aliphatic carbocycles. The molecule has 0 unspecified atom stereocenters. The van der Waals surface area contributed by atoms with Crippen molar-refractivity contribution in [1.82, 2.24) is 29.5 Å². The van der Waals surface area contributed by atoms with Crippen molar-refractivity contribution in [2.24, 2.45) is 5.92 Å². The molecule has 2 aromatic carbocycles. The number of fused-ring (bicyclic) bond motifs is 2. The number of aliphatic hydroxyl groups is 1. The van der Waals surface area contributed by atoms with Gasteiger partial charge in [0.05, 0.1) is 23.5 Å². The van der Waals surface area contributed by atoms with E-state index in [0.717, 1.165) is 58.4 Å². The van der Waals surface area contributed by atoms with Crippen LogP contribution in [0.15, 0.2) is 66.9 Å². The minimum atomic E-state index is -0.362. The van der Waals surface area contributed by atoms with Crippen LogP contribution >= 0.6 is 0 Å². The van der Waals surface area contributed by atoms with Crippen LogP contribution in [0.1, 0.15) is 44.2 Å². The van der Waals surface area contributed by atoms with Gasteiger partial charge < -0.3 is 20.6 Å². The largest absolute Gasteiger partial charge is 0.391 e. The van der Waals surface area contributed by atoms with Crippen LogP contribution in [0.3, 0.4) is 0 Å². The Balaban J connectivity index is 1.26. The molecular formula is C32H38N8O. The predicted molar refractivity (Wildman–Crippen MR) is 164 cm³/mol. The third-order valence-corrected chi connectivity index (χ3v) is 8.12. The average molecular weight is 551 g/mol. The van der Waals surface area contributed by atoms with Crippen molar-refractivity contribution in [2.45, 2.75) is 45.8 Å². The number of nitrogens with one attached hydrogen (secondary N) is 2. The highest BCUT2D eigenvalue weighted by molar-refractivity contribution is 5.82. The lowest BCUT2D eigenvalue weighted by Gasteiger charge is -2.35. The van der Waals surface area contributed by atoms with Crippen LogP contribution in [0.4, 0.5) is 11.9 Å². The first kappa shape index (κ1) is 27.1. The van der Waals surface area contributed by atoms with Crippen LogP contribution < -0.4 is 10.6 Å². The summed E-state index contributed by atoms with van der Waals surface area (Å²) in [4.78, 5) is 16.9. The fourth-order valence-corrected chi connectivity index (χ4v) is 5.60. The number of pyridine rings is 1. The van der Waals surface area contributed by atoms with E-state index in [9.17, 15) is 5.11 Å². The van der Waals surface area contributed by atoms with Gasteiger partial charge in [0.1, 0.15) is 0 Å². The minimum absolute atomic E-state index is 0.157. The number of nitrogens with zero attached hydrogens (tertiary/aromatic N) is 6. The summed E-state index contributed by atoms with van der Waals surface area (Å²) in [5.41, 5.74) is 5.94. The van der Waals surface area contributed by atoms with Gasteiger partial charge in [-0.2, -0.15) is 19.6 Å². The van der Waals surface area contributed by atoms with E-state index in [1.165, 1.54) is 0 Å². The summed E-state index contributed by atoms with van der Waals surface area (Å²) in [6.45, 7) is 10.3.